The molecule has 0 amide bonds. The molecule has 94 valence electrons. The Hall–Kier alpha value is -1.26. The van der Waals surface area contributed by atoms with Crippen LogP contribution in [0.3, 0.4) is 0 Å². The van der Waals surface area contributed by atoms with Crippen molar-refractivity contribution in [3.8, 4) is 11.5 Å². The van der Waals surface area contributed by atoms with E-state index in [1.54, 1.807) is 7.11 Å². The van der Waals surface area contributed by atoms with E-state index in [9.17, 15) is 5.11 Å². The summed E-state index contributed by atoms with van der Waals surface area (Å²) in [6, 6.07) is 7.48. The van der Waals surface area contributed by atoms with Crippen molar-refractivity contribution in [1.82, 2.24) is 5.32 Å². The number of rotatable bonds is 3. The minimum Gasteiger partial charge on any atom is -0.497 e. The zero-order valence-electron chi connectivity index (χ0n) is 10.1. The van der Waals surface area contributed by atoms with Gasteiger partial charge in [0.05, 0.1) is 13.2 Å². The highest BCUT2D eigenvalue weighted by Crippen LogP contribution is 2.22. The van der Waals surface area contributed by atoms with Gasteiger partial charge in [-0.05, 0) is 38.1 Å². The molecular weight excluding hydrogens is 218 g/mol. The molecule has 0 aliphatic carbocycles. The van der Waals surface area contributed by atoms with Crippen molar-refractivity contribution in [2.45, 2.75) is 25.0 Å². The summed E-state index contributed by atoms with van der Waals surface area (Å²) in [6.07, 6.45) is 1.00. The lowest BCUT2D eigenvalue weighted by Crippen LogP contribution is -2.31. The van der Waals surface area contributed by atoms with Crippen LogP contribution in [0.2, 0.25) is 0 Å². The average Bonchev–Trinajstić information content (AvgIpc) is 2.55. The van der Waals surface area contributed by atoms with Crippen molar-refractivity contribution in [3.05, 3.63) is 24.3 Å². The van der Waals surface area contributed by atoms with Crippen molar-refractivity contribution in [2.75, 3.05) is 20.2 Å². The summed E-state index contributed by atoms with van der Waals surface area (Å²) in [7, 11) is 1.63. The van der Waals surface area contributed by atoms with E-state index in [2.05, 4.69) is 5.32 Å². The molecule has 0 bridgehead atoms. The van der Waals surface area contributed by atoms with Crippen LogP contribution in [0.15, 0.2) is 24.3 Å². The lowest BCUT2D eigenvalue weighted by Gasteiger charge is -2.21. The molecule has 0 aromatic heterocycles. The zero-order chi connectivity index (χ0) is 12.1. The van der Waals surface area contributed by atoms with Crippen LogP contribution in [-0.2, 0) is 0 Å². The fraction of sp³-hybridized carbons (Fsp3) is 0.538. The van der Waals surface area contributed by atoms with Crippen molar-refractivity contribution >= 4 is 0 Å². The summed E-state index contributed by atoms with van der Waals surface area (Å²) in [5.74, 6) is 1.51. The molecule has 1 aliphatic rings. The Bertz CT molecular complexity index is 356. The van der Waals surface area contributed by atoms with Crippen LogP contribution in [0.5, 0.6) is 11.5 Å². The standard InChI is InChI=1S/C13H19NO3/c1-16-10-3-2-4-11(9-10)17-13-6-8-14-7-5-12(13)15/h2-4,9,12-15H,5-8H2,1H3/t12-,13-/m0/s1. The van der Waals surface area contributed by atoms with Gasteiger partial charge in [-0.25, -0.2) is 0 Å². The molecular formula is C13H19NO3. The largest absolute Gasteiger partial charge is 0.497 e. The summed E-state index contributed by atoms with van der Waals surface area (Å²) < 4.78 is 11.0. The van der Waals surface area contributed by atoms with Crippen molar-refractivity contribution < 1.29 is 14.6 Å². The number of benzene rings is 1. The zero-order valence-corrected chi connectivity index (χ0v) is 10.1. The molecule has 4 heteroatoms. The van der Waals surface area contributed by atoms with E-state index >= 15 is 0 Å². The molecule has 0 spiro atoms. The maximum absolute atomic E-state index is 9.94. The highest BCUT2D eigenvalue weighted by atomic mass is 16.5. The van der Waals surface area contributed by atoms with Gasteiger partial charge < -0.3 is 19.9 Å². The third-order valence-electron chi connectivity index (χ3n) is 2.98. The van der Waals surface area contributed by atoms with Gasteiger partial charge in [-0.3, -0.25) is 0 Å². The maximum atomic E-state index is 9.94. The predicted molar refractivity (Wildman–Crippen MR) is 65.5 cm³/mol. The van der Waals surface area contributed by atoms with Crippen molar-refractivity contribution in [1.29, 1.82) is 0 Å². The number of methoxy groups -OCH3 is 1. The Morgan fingerprint density at radius 3 is 2.82 bits per heavy atom. The molecule has 4 nitrogen and oxygen atoms in total. The first-order valence-corrected chi connectivity index (χ1v) is 5.99. The normalized spacial score (nSPS) is 25.1. The van der Waals surface area contributed by atoms with Crippen LogP contribution in [-0.4, -0.2) is 37.5 Å². The van der Waals surface area contributed by atoms with Crippen LogP contribution >= 0.6 is 0 Å². The van der Waals surface area contributed by atoms with Gasteiger partial charge in [-0.2, -0.15) is 0 Å². The molecule has 1 aliphatic heterocycles. The summed E-state index contributed by atoms with van der Waals surface area (Å²) in [5.41, 5.74) is 0. The number of ether oxygens (including phenoxy) is 2. The maximum Gasteiger partial charge on any atom is 0.126 e. The molecule has 17 heavy (non-hydrogen) atoms. The first kappa shape index (κ1) is 12.2. The van der Waals surface area contributed by atoms with Gasteiger partial charge in [0.15, 0.2) is 0 Å². The van der Waals surface area contributed by atoms with Crippen LogP contribution in [0.4, 0.5) is 0 Å². The number of hydrogen-bond acceptors (Lipinski definition) is 4. The molecule has 1 aromatic carbocycles. The Labute approximate surface area is 102 Å². The van der Waals surface area contributed by atoms with Crippen LogP contribution in [0, 0.1) is 0 Å². The van der Waals surface area contributed by atoms with Gasteiger partial charge in [-0.15, -0.1) is 0 Å². The van der Waals surface area contributed by atoms with Crippen LogP contribution in [0.25, 0.3) is 0 Å². The topological polar surface area (TPSA) is 50.7 Å². The van der Waals surface area contributed by atoms with Crippen LogP contribution in [0.1, 0.15) is 12.8 Å². The Morgan fingerprint density at radius 2 is 2.00 bits per heavy atom. The van der Waals surface area contributed by atoms with E-state index < -0.39 is 6.10 Å². The second-order valence-electron chi connectivity index (χ2n) is 4.23. The lowest BCUT2D eigenvalue weighted by atomic mass is 10.1. The molecule has 2 N–H and O–H groups in total. The molecule has 1 aromatic rings. The second kappa shape index (κ2) is 5.89. The van der Waals surface area contributed by atoms with E-state index in [0.29, 0.717) is 0 Å². The first-order valence-electron chi connectivity index (χ1n) is 5.99. The van der Waals surface area contributed by atoms with Gasteiger partial charge in [0.1, 0.15) is 17.6 Å². The van der Waals surface area contributed by atoms with E-state index in [0.717, 1.165) is 37.4 Å². The minimum atomic E-state index is -0.406. The summed E-state index contributed by atoms with van der Waals surface area (Å²) >= 11 is 0. The van der Waals surface area contributed by atoms with Crippen LogP contribution < -0.4 is 14.8 Å². The van der Waals surface area contributed by atoms with Gasteiger partial charge in [-0.1, -0.05) is 6.07 Å². The van der Waals surface area contributed by atoms with Crippen molar-refractivity contribution in [2.24, 2.45) is 0 Å². The van der Waals surface area contributed by atoms with E-state index in [1.165, 1.54) is 0 Å². The molecule has 1 heterocycles. The number of hydrogen-bond donors (Lipinski definition) is 2. The van der Waals surface area contributed by atoms with E-state index in [1.807, 2.05) is 24.3 Å². The number of aliphatic hydroxyl groups is 1. The average molecular weight is 237 g/mol. The highest BCUT2D eigenvalue weighted by Gasteiger charge is 2.23. The SMILES string of the molecule is COc1cccc(O[C@H]2CCNCC[C@@H]2O)c1. The Morgan fingerprint density at radius 1 is 1.24 bits per heavy atom. The second-order valence-corrected chi connectivity index (χ2v) is 4.23. The molecule has 0 radical (unpaired) electrons. The van der Waals surface area contributed by atoms with Gasteiger partial charge in [0.25, 0.3) is 0 Å². The fourth-order valence-electron chi connectivity index (χ4n) is 1.98. The lowest BCUT2D eigenvalue weighted by molar-refractivity contribution is 0.0349. The fourth-order valence-corrected chi connectivity index (χ4v) is 1.98. The molecule has 2 atom stereocenters. The van der Waals surface area contributed by atoms with Gasteiger partial charge in [0, 0.05) is 6.07 Å². The quantitative estimate of drug-likeness (QED) is 0.829. The monoisotopic (exact) mass is 237 g/mol. The molecule has 2 rings (SSSR count). The summed E-state index contributed by atoms with van der Waals surface area (Å²) in [6.45, 7) is 1.73. The molecule has 0 saturated carbocycles. The molecule has 1 fully saturated rings. The molecule has 0 unspecified atom stereocenters. The Balaban J connectivity index is 2.02. The highest BCUT2D eigenvalue weighted by molar-refractivity contribution is 5.33. The number of aliphatic hydroxyl groups excluding tert-OH is 1. The predicted octanol–water partition coefficient (Wildman–Crippen LogP) is 1.19. The third kappa shape index (κ3) is 3.35. The van der Waals surface area contributed by atoms with E-state index in [4.69, 9.17) is 9.47 Å². The minimum absolute atomic E-state index is 0.142. The Kier molecular flexibility index (Phi) is 4.23. The molecule has 1 saturated heterocycles. The number of nitrogens with one attached hydrogen (secondary N) is 1. The van der Waals surface area contributed by atoms with Crippen molar-refractivity contribution in [3.63, 3.8) is 0 Å². The van der Waals surface area contributed by atoms with Gasteiger partial charge in [0.2, 0.25) is 0 Å². The smallest absolute Gasteiger partial charge is 0.126 e. The summed E-state index contributed by atoms with van der Waals surface area (Å²) in [5, 5.41) is 13.2. The third-order valence-corrected chi connectivity index (χ3v) is 2.98. The first-order chi connectivity index (χ1) is 8.29. The summed E-state index contributed by atoms with van der Waals surface area (Å²) in [4.78, 5) is 0. The van der Waals surface area contributed by atoms with E-state index in [-0.39, 0.29) is 6.10 Å². The van der Waals surface area contributed by atoms with Gasteiger partial charge >= 0.3 is 0 Å².